The monoisotopic (exact) mass is 334 g/mol. The Kier molecular flexibility index (Phi) is 3.42. The number of aromatic carboxylic acids is 1. The zero-order chi connectivity index (χ0) is 12.6. The fraction of sp³-hybridized carbons (Fsp3) is 0. The molecule has 4 nitrogen and oxygen atoms in total. The van der Waals surface area contributed by atoms with Gasteiger partial charge in [-0.15, -0.1) is 0 Å². The zero-order valence-electron chi connectivity index (χ0n) is 8.19. The molecule has 0 spiro atoms. The van der Waals surface area contributed by atoms with Crippen LogP contribution < -0.4 is 0 Å². The standard InChI is InChI=1S/C10H5BrCl2N2O2/c11-5-1-8(10(16)17)15(4-5)9-6(12)2-14-3-7(9)13/h1-4H,(H,16,17). The average molecular weight is 336 g/mol. The quantitative estimate of drug-likeness (QED) is 0.911. The van der Waals surface area contributed by atoms with Crippen LogP contribution in [-0.4, -0.2) is 20.6 Å². The number of hydrogen-bond acceptors (Lipinski definition) is 2. The van der Waals surface area contributed by atoms with Crippen molar-refractivity contribution in [1.82, 2.24) is 9.55 Å². The molecule has 0 unspecified atom stereocenters. The molecule has 2 heterocycles. The molecule has 0 aromatic carbocycles. The van der Waals surface area contributed by atoms with E-state index in [0.29, 0.717) is 10.2 Å². The second-order valence-electron chi connectivity index (χ2n) is 3.17. The fourth-order valence-corrected chi connectivity index (χ4v) is 2.38. The summed E-state index contributed by atoms with van der Waals surface area (Å²) in [7, 11) is 0. The molecular weight excluding hydrogens is 331 g/mol. The van der Waals surface area contributed by atoms with E-state index in [1.807, 2.05) is 0 Å². The first-order valence-corrected chi connectivity index (χ1v) is 5.96. The van der Waals surface area contributed by atoms with E-state index >= 15 is 0 Å². The Balaban J connectivity index is 2.72. The molecule has 0 aliphatic rings. The summed E-state index contributed by atoms with van der Waals surface area (Å²) in [5.41, 5.74) is 0.457. The lowest BCUT2D eigenvalue weighted by Gasteiger charge is -2.09. The van der Waals surface area contributed by atoms with Crippen LogP contribution in [0.5, 0.6) is 0 Å². The third-order valence-corrected chi connectivity index (χ3v) is 3.06. The molecule has 0 amide bonds. The molecule has 0 saturated heterocycles. The molecule has 1 N–H and O–H groups in total. The topological polar surface area (TPSA) is 55.1 Å². The van der Waals surface area contributed by atoms with Gasteiger partial charge in [-0.2, -0.15) is 0 Å². The molecule has 0 fully saturated rings. The Morgan fingerprint density at radius 3 is 2.47 bits per heavy atom. The van der Waals surface area contributed by atoms with E-state index in [0.717, 1.165) is 0 Å². The number of aromatic nitrogens is 2. The normalized spacial score (nSPS) is 10.5. The number of carbonyl (C=O) groups is 1. The molecule has 0 bridgehead atoms. The molecule has 2 rings (SSSR count). The van der Waals surface area contributed by atoms with Gasteiger partial charge < -0.3 is 9.67 Å². The molecule has 0 aliphatic carbocycles. The molecule has 88 valence electrons. The van der Waals surface area contributed by atoms with Crippen LogP contribution in [-0.2, 0) is 0 Å². The first kappa shape index (κ1) is 12.4. The molecule has 0 saturated carbocycles. The smallest absolute Gasteiger partial charge is 0.352 e. The van der Waals surface area contributed by atoms with Crippen molar-refractivity contribution in [3.8, 4) is 5.69 Å². The van der Waals surface area contributed by atoms with Crippen molar-refractivity contribution in [2.45, 2.75) is 0 Å². The van der Waals surface area contributed by atoms with Gasteiger partial charge in [0.15, 0.2) is 0 Å². The van der Waals surface area contributed by atoms with E-state index in [1.54, 1.807) is 6.20 Å². The first-order valence-electron chi connectivity index (χ1n) is 4.41. The lowest BCUT2D eigenvalue weighted by Crippen LogP contribution is -2.06. The van der Waals surface area contributed by atoms with Crippen LogP contribution in [0.1, 0.15) is 10.5 Å². The van der Waals surface area contributed by atoms with Crippen molar-refractivity contribution in [2.75, 3.05) is 0 Å². The number of rotatable bonds is 2. The number of carboxylic acids is 1. The minimum Gasteiger partial charge on any atom is -0.477 e. The first-order chi connectivity index (χ1) is 8.00. The Labute approximate surface area is 115 Å². The summed E-state index contributed by atoms with van der Waals surface area (Å²) < 4.78 is 2.03. The third kappa shape index (κ3) is 2.31. The van der Waals surface area contributed by atoms with Crippen LogP contribution in [0.25, 0.3) is 5.69 Å². The van der Waals surface area contributed by atoms with Crippen LogP contribution in [0.15, 0.2) is 29.1 Å². The third-order valence-electron chi connectivity index (χ3n) is 2.07. The zero-order valence-corrected chi connectivity index (χ0v) is 11.3. The maximum Gasteiger partial charge on any atom is 0.352 e. The molecule has 0 atom stereocenters. The summed E-state index contributed by atoms with van der Waals surface area (Å²) in [6.07, 6.45) is 4.39. The lowest BCUT2D eigenvalue weighted by atomic mass is 10.3. The number of nitrogens with zero attached hydrogens (tertiary/aromatic N) is 2. The second-order valence-corrected chi connectivity index (χ2v) is 4.90. The number of halogens is 3. The van der Waals surface area contributed by atoms with Crippen LogP contribution in [0.4, 0.5) is 0 Å². The van der Waals surface area contributed by atoms with E-state index in [2.05, 4.69) is 20.9 Å². The Bertz CT molecular complexity index is 578. The van der Waals surface area contributed by atoms with E-state index in [-0.39, 0.29) is 15.7 Å². The van der Waals surface area contributed by atoms with Crippen LogP contribution in [0.3, 0.4) is 0 Å². The van der Waals surface area contributed by atoms with Gasteiger partial charge in [0, 0.05) is 23.1 Å². The molecule has 2 aromatic rings. The minimum atomic E-state index is -1.07. The van der Waals surface area contributed by atoms with Crippen LogP contribution >= 0.6 is 39.1 Å². The Morgan fingerprint density at radius 2 is 1.94 bits per heavy atom. The number of hydrogen-bond donors (Lipinski definition) is 1. The highest BCUT2D eigenvalue weighted by molar-refractivity contribution is 9.10. The van der Waals surface area contributed by atoms with Crippen molar-refractivity contribution in [3.05, 3.63) is 44.9 Å². The summed E-state index contributed by atoms with van der Waals surface area (Å²) in [6, 6.07) is 1.47. The predicted octanol–water partition coefficient (Wildman–Crippen LogP) is 3.64. The molecule has 7 heteroatoms. The van der Waals surface area contributed by atoms with E-state index in [4.69, 9.17) is 28.3 Å². The Morgan fingerprint density at radius 1 is 1.35 bits per heavy atom. The highest BCUT2D eigenvalue weighted by atomic mass is 79.9. The molecule has 0 aliphatic heterocycles. The van der Waals surface area contributed by atoms with Gasteiger partial charge in [-0.1, -0.05) is 23.2 Å². The molecule has 2 aromatic heterocycles. The highest BCUT2D eigenvalue weighted by Gasteiger charge is 2.17. The van der Waals surface area contributed by atoms with Gasteiger partial charge in [0.25, 0.3) is 0 Å². The van der Waals surface area contributed by atoms with Crippen molar-refractivity contribution in [1.29, 1.82) is 0 Å². The van der Waals surface area contributed by atoms with E-state index in [1.165, 1.54) is 23.0 Å². The van der Waals surface area contributed by atoms with Gasteiger partial charge in [0.2, 0.25) is 0 Å². The maximum absolute atomic E-state index is 11.1. The van der Waals surface area contributed by atoms with Gasteiger partial charge in [-0.05, 0) is 22.0 Å². The summed E-state index contributed by atoms with van der Waals surface area (Å²) in [4.78, 5) is 14.9. The van der Waals surface area contributed by atoms with E-state index < -0.39 is 5.97 Å². The second kappa shape index (κ2) is 4.68. The SMILES string of the molecule is O=C(O)c1cc(Br)cn1-c1c(Cl)cncc1Cl. The van der Waals surface area contributed by atoms with Crippen LogP contribution in [0, 0.1) is 0 Å². The van der Waals surface area contributed by atoms with Gasteiger partial charge in [-0.3, -0.25) is 4.98 Å². The molecule has 0 radical (unpaired) electrons. The summed E-state index contributed by atoms with van der Waals surface area (Å²) in [5, 5.41) is 9.64. The van der Waals surface area contributed by atoms with Crippen LogP contribution in [0.2, 0.25) is 10.0 Å². The summed E-state index contributed by atoms with van der Waals surface area (Å²) in [5.74, 6) is -1.07. The van der Waals surface area contributed by atoms with Crippen molar-refractivity contribution >= 4 is 45.1 Å². The lowest BCUT2D eigenvalue weighted by molar-refractivity contribution is 0.0688. The largest absolute Gasteiger partial charge is 0.477 e. The summed E-state index contributed by atoms with van der Waals surface area (Å²) >= 11 is 15.2. The van der Waals surface area contributed by atoms with Gasteiger partial charge in [-0.25, -0.2) is 4.79 Å². The maximum atomic E-state index is 11.1. The highest BCUT2D eigenvalue weighted by Crippen LogP contribution is 2.30. The summed E-state index contributed by atoms with van der Waals surface area (Å²) in [6.45, 7) is 0. The van der Waals surface area contributed by atoms with E-state index in [9.17, 15) is 4.79 Å². The van der Waals surface area contributed by atoms with Crippen molar-refractivity contribution in [3.63, 3.8) is 0 Å². The van der Waals surface area contributed by atoms with Crippen molar-refractivity contribution in [2.24, 2.45) is 0 Å². The van der Waals surface area contributed by atoms with Crippen molar-refractivity contribution < 1.29 is 9.90 Å². The van der Waals surface area contributed by atoms with Gasteiger partial charge in [0.05, 0.1) is 15.7 Å². The Hall–Kier alpha value is -1.04. The van der Waals surface area contributed by atoms with Gasteiger partial charge in [0.1, 0.15) is 5.69 Å². The number of pyridine rings is 1. The predicted molar refractivity (Wildman–Crippen MR) is 68.2 cm³/mol. The molecule has 17 heavy (non-hydrogen) atoms. The molecular formula is C10H5BrCl2N2O2. The van der Waals surface area contributed by atoms with Gasteiger partial charge >= 0.3 is 5.97 Å². The average Bonchev–Trinajstić information content (AvgIpc) is 2.60. The minimum absolute atomic E-state index is 0.0619. The fourth-order valence-electron chi connectivity index (χ4n) is 1.41. The number of carboxylic acid groups (broad SMARTS) is 1.